The first-order valence-corrected chi connectivity index (χ1v) is 8.65. The van der Waals surface area contributed by atoms with Gasteiger partial charge in [0.1, 0.15) is 5.75 Å². The van der Waals surface area contributed by atoms with Gasteiger partial charge in [0.2, 0.25) is 8.32 Å². The summed E-state index contributed by atoms with van der Waals surface area (Å²) in [6.07, 6.45) is 0. The predicted molar refractivity (Wildman–Crippen MR) is 72.2 cm³/mol. The van der Waals surface area contributed by atoms with Gasteiger partial charge in [-0.25, -0.2) is 0 Å². The van der Waals surface area contributed by atoms with E-state index >= 15 is 0 Å². The van der Waals surface area contributed by atoms with Crippen LogP contribution in [0.15, 0.2) is 24.3 Å². The fraction of sp³-hybridized carbons (Fsp3) is 0.538. The number of hydrogen-bond donors (Lipinski definition) is 1. The Balaban J connectivity index is 2.80. The largest absolute Gasteiger partial charge is 0.544 e. The van der Waals surface area contributed by atoms with Crippen molar-refractivity contribution in [3.05, 3.63) is 29.8 Å². The standard InChI is InChI=1S/C13H23NOSi/c1-13(2,3)16(4,5)15-12-8-6-11(10-14)7-9-12/h6-9H,10,14H2,1-5H3. The van der Waals surface area contributed by atoms with E-state index in [9.17, 15) is 0 Å². The van der Waals surface area contributed by atoms with Crippen LogP contribution in [0.1, 0.15) is 26.3 Å². The van der Waals surface area contributed by atoms with E-state index in [-0.39, 0.29) is 5.04 Å². The SMILES string of the molecule is CC(C)(C)[Si](C)(C)Oc1ccc(CN)cc1. The van der Waals surface area contributed by atoms with Gasteiger partial charge in [0.15, 0.2) is 0 Å². The van der Waals surface area contributed by atoms with Crippen molar-refractivity contribution in [3.63, 3.8) is 0 Å². The molecular weight excluding hydrogens is 214 g/mol. The minimum absolute atomic E-state index is 0.236. The van der Waals surface area contributed by atoms with E-state index in [0.29, 0.717) is 6.54 Å². The zero-order valence-electron chi connectivity index (χ0n) is 11.0. The smallest absolute Gasteiger partial charge is 0.250 e. The van der Waals surface area contributed by atoms with Crippen molar-refractivity contribution in [1.29, 1.82) is 0 Å². The molecule has 0 radical (unpaired) electrons. The Morgan fingerprint density at radius 3 is 2.00 bits per heavy atom. The minimum atomic E-state index is -1.70. The van der Waals surface area contributed by atoms with Gasteiger partial charge in [0, 0.05) is 6.54 Å². The third-order valence-electron chi connectivity index (χ3n) is 3.34. The van der Waals surface area contributed by atoms with Crippen LogP contribution in [0.25, 0.3) is 0 Å². The van der Waals surface area contributed by atoms with Gasteiger partial charge in [0.25, 0.3) is 0 Å². The Bertz CT molecular complexity index is 338. The molecule has 0 saturated carbocycles. The van der Waals surface area contributed by atoms with E-state index < -0.39 is 8.32 Å². The van der Waals surface area contributed by atoms with Crippen LogP contribution < -0.4 is 10.2 Å². The van der Waals surface area contributed by atoms with Crippen molar-refractivity contribution in [2.45, 2.75) is 45.4 Å². The lowest BCUT2D eigenvalue weighted by Gasteiger charge is -2.36. The van der Waals surface area contributed by atoms with Gasteiger partial charge in [-0.1, -0.05) is 32.9 Å². The highest BCUT2D eigenvalue weighted by molar-refractivity contribution is 6.74. The molecule has 2 nitrogen and oxygen atoms in total. The molecule has 0 saturated heterocycles. The lowest BCUT2D eigenvalue weighted by Crippen LogP contribution is -2.43. The van der Waals surface area contributed by atoms with Crippen LogP contribution in [-0.4, -0.2) is 8.32 Å². The van der Waals surface area contributed by atoms with Crippen LogP contribution in [0.3, 0.4) is 0 Å². The number of hydrogen-bond acceptors (Lipinski definition) is 2. The third-order valence-corrected chi connectivity index (χ3v) is 7.70. The molecule has 0 atom stereocenters. The molecule has 2 N–H and O–H groups in total. The van der Waals surface area contributed by atoms with E-state index in [4.69, 9.17) is 10.2 Å². The molecule has 0 aliphatic carbocycles. The maximum atomic E-state index is 6.16. The maximum Gasteiger partial charge on any atom is 0.250 e. The summed E-state index contributed by atoms with van der Waals surface area (Å²) in [5.74, 6) is 0.962. The fourth-order valence-corrected chi connectivity index (χ4v) is 2.17. The van der Waals surface area contributed by atoms with Gasteiger partial charge in [-0.05, 0) is 35.8 Å². The Morgan fingerprint density at radius 2 is 1.62 bits per heavy atom. The molecule has 0 aliphatic heterocycles. The summed E-state index contributed by atoms with van der Waals surface area (Å²) in [6.45, 7) is 11.8. The maximum absolute atomic E-state index is 6.16. The van der Waals surface area contributed by atoms with Crippen LogP contribution in [0.5, 0.6) is 5.75 Å². The van der Waals surface area contributed by atoms with Gasteiger partial charge in [-0.2, -0.15) is 0 Å². The molecule has 16 heavy (non-hydrogen) atoms. The van der Waals surface area contributed by atoms with Crippen LogP contribution in [0, 0.1) is 0 Å². The summed E-state index contributed by atoms with van der Waals surface area (Å²) in [5, 5.41) is 0.236. The van der Waals surface area contributed by atoms with E-state index in [1.54, 1.807) is 0 Å². The van der Waals surface area contributed by atoms with Crippen LogP contribution in [0.2, 0.25) is 18.1 Å². The molecule has 1 rings (SSSR count). The summed E-state index contributed by atoms with van der Waals surface area (Å²) < 4.78 is 6.16. The number of nitrogens with two attached hydrogens (primary N) is 1. The van der Waals surface area contributed by atoms with Gasteiger partial charge in [0.05, 0.1) is 0 Å². The van der Waals surface area contributed by atoms with Crippen molar-refractivity contribution < 1.29 is 4.43 Å². The van der Waals surface area contributed by atoms with Crippen molar-refractivity contribution >= 4 is 8.32 Å². The van der Waals surface area contributed by atoms with Crippen LogP contribution >= 0.6 is 0 Å². The van der Waals surface area contributed by atoms with Crippen molar-refractivity contribution in [1.82, 2.24) is 0 Å². The average molecular weight is 237 g/mol. The highest BCUT2D eigenvalue weighted by Crippen LogP contribution is 2.37. The zero-order valence-corrected chi connectivity index (χ0v) is 12.0. The first kappa shape index (κ1) is 13.3. The molecule has 0 aliphatic rings. The molecule has 1 aromatic carbocycles. The topological polar surface area (TPSA) is 35.2 Å². The average Bonchev–Trinajstić information content (AvgIpc) is 2.16. The minimum Gasteiger partial charge on any atom is -0.544 e. The van der Waals surface area contributed by atoms with Crippen molar-refractivity contribution in [2.24, 2.45) is 5.73 Å². The first-order chi connectivity index (χ1) is 7.26. The van der Waals surface area contributed by atoms with Crippen LogP contribution in [-0.2, 0) is 6.54 Å². The molecule has 3 heteroatoms. The molecule has 1 aromatic rings. The summed E-state index contributed by atoms with van der Waals surface area (Å²) in [5.41, 5.74) is 6.71. The normalized spacial score (nSPS) is 12.6. The quantitative estimate of drug-likeness (QED) is 0.816. The summed E-state index contributed by atoms with van der Waals surface area (Å²) >= 11 is 0. The molecule has 90 valence electrons. The van der Waals surface area contributed by atoms with Gasteiger partial charge < -0.3 is 10.2 Å². The first-order valence-electron chi connectivity index (χ1n) is 5.74. The molecule has 0 bridgehead atoms. The Labute approximate surface area is 99.9 Å². The second-order valence-electron chi connectivity index (χ2n) is 5.71. The number of rotatable bonds is 3. The Hall–Kier alpha value is -0.803. The third kappa shape index (κ3) is 3.09. The summed E-state index contributed by atoms with van der Waals surface area (Å²) in [6, 6.07) is 8.09. The molecule has 0 heterocycles. The molecule has 0 fully saturated rings. The lowest BCUT2D eigenvalue weighted by atomic mass is 10.2. The van der Waals surface area contributed by atoms with Gasteiger partial charge >= 0.3 is 0 Å². The monoisotopic (exact) mass is 237 g/mol. The molecule has 0 unspecified atom stereocenters. The van der Waals surface area contributed by atoms with Gasteiger partial charge in [-0.15, -0.1) is 0 Å². The predicted octanol–water partition coefficient (Wildman–Crippen LogP) is 3.53. The second kappa shape index (κ2) is 4.59. The molecule has 0 aromatic heterocycles. The van der Waals surface area contributed by atoms with Gasteiger partial charge in [-0.3, -0.25) is 0 Å². The number of benzene rings is 1. The second-order valence-corrected chi connectivity index (χ2v) is 10.4. The van der Waals surface area contributed by atoms with Crippen molar-refractivity contribution in [2.75, 3.05) is 0 Å². The van der Waals surface area contributed by atoms with Crippen molar-refractivity contribution in [3.8, 4) is 5.75 Å². The van der Waals surface area contributed by atoms with E-state index in [1.807, 2.05) is 24.3 Å². The lowest BCUT2D eigenvalue weighted by molar-refractivity contribution is 0.492. The van der Waals surface area contributed by atoms with E-state index in [0.717, 1.165) is 11.3 Å². The van der Waals surface area contributed by atoms with E-state index in [1.165, 1.54) is 0 Å². The summed E-state index contributed by atoms with van der Waals surface area (Å²) in [7, 11) is -1.70. The van der Waals surface area contributed by atoms with Crippen LogP contribution in [0.4, 0.5) is 0 Å². The molecule has 0 spiro atoms. The Kier molecular flexibility index (Phi) is 3.81. The van der Waals surface area contributed by atoms with E-state index in [2.05, 4.69) is 33.9 Å². The highest BCUT2D eigenvalue weighted by atomic mass is 28.4. The highest BCUT2D eigenvalue weighted by Gasteiger charge is 2.38. The Morgan fingerprint density at radius 1 is 1.12 bits per heavy atom. The summed E-state index contributed by atoms with van der Waals surface area (Å²) in [4.78, 5) is 0. The zero-order chi connectivity index (χ0) is 12.4. The molecular formula is C13H23NOSi. The molecule has 0 amide bonds. The fourth-order valence-electron chi connectivity index (χ4n) is 1.14.